The highest BCUT2D eigenvalue weighted by molar-refractivity contribution is 6.03. The molecule has 38 heavy (non-hydrogen) atoms. The van der Waals surface area contributed by atoms with Crippen molar-refractivity contribution >= 4 is 43.6 Å². The summed E-state index contributed by atoms with van der Waals surface area (Å²) in [6.45, 7) is 8.46. The van der Waals surface area contributed by atoms with E-state index in [2.05, 4.69) is 84.5 Å². The molecule has 2 aromatic carbocycles. The van der Waals surface area contributed by atoms with Crippen molar-refractivity contribution in [1.29, 1.82) is 0 Å². The standard InChI is InChI=1S/C20H24N2.C14H12N2/c1-3-5-7-17-13-11-15-9-10-16-12-14-18(8-6-4-2)22-20(16)19(15)21-17;1-9-3-5-11-7-8-12-6-4-10(2)16-14(12)13(11)15-9/h9-14H,3-8H2,1-2H3;3-8H,1-2H3. The van der Waals surface area contributed by atoms with Gasteiger partial charge in [0.15, 0.2) is 0 Å². The number of hydrogen-bond acceptors (Lipinski definition) is 4. The van der Waals surface area contributed by atoms with Gasteiger partial charge in [-0.05, 0) is 63.8 Å². The van der Waals surface area contributed by atoms with E-state index in [1.807, 2.05) is 26.0 Å². The topological polar surface area (TPSA) is 51.6 Å². The van der Waals surface area contributed by atoms with E-state index < -0.39 is 0 Å². The lowest BCUT2D eigenvalue weighted by atomic mass is 10.1. The lowest BCUT2D eigenvalue weighted by Crippen LogP contribution is -1.95. The molecule has 0 aliphatic heterocycles. The Morgan fingerprint density at radius 1 is 0.421 bits per heavy atom. The van der Waals surface area contributed by atoms with E-state index in [1.165, 1.54) is 47.8 Å². The zero-order chi connectivity index (χ0) is 26.5. The van der Waals surface area contributed by atoms with Crippen molar-refractivity contribution < 1.29 is 0 Å². The van der Waals surface area contributed by atoms with Crippen LogP contribution in [-0.2, 0) is 12.8 Å². The predicted octanol–water partition coefficient (Wildman–Crippen LogP) is 8.87. The molecule has 0 saturated carbocycles. The van der Waals surface area contributed by atoms with E-state index >= 15 is 0 Å². The molecule has 0 atom stereocenters. The summed E-state index contributed by atoms with van der Waals surface area (Å²) < 4.78 is 0. The number of fused-ring (bicyclic) bond motifs is 6. The minimum absolute atomic E-state index is 1.00. The van der Waals surface area contributed by atoms with Crippen molar-refractivity contribution in [3.8, 4) is 0 Å². The third kappa shape index (κ3) is 5.65. The number of aryl methyl sites for hydroxylation is 4. The van der Waals surface area contributed by atoms with Gasteiger partial charge < -0.3 is 0 Å². The summed E-state index contributed by atoms with van der Waals surface area (Å²) >= 11 is 0. The van der Waals surface area contributed by atoms with Crippen LogP contribution >= 0.6 is 0 Å². The van der Waals surface area contributed by atoms with E-state index in [4.69, 9.17) is 9.97 Å². The number of pyridine rings is 4. The van der Waals surface area contributed by atoms with Crippen LogP contribution in [0.15, 0.2) is 72.8 Å². The molecular formula is C34H36N4. The van der Waals surface area contributed by atoms with E-state index in [9.17, 15) is 0 Å². The first-order valence-electron chi connectivity index (χ1n) is 13.9. The third-order valence-corrected chi connectivity index (χ3v) is 7.01. The van der Waals surface area contributed by atoms with Gasteiger partial charge in [0, 0.05) is 44.3 Å². The Labute approximate surface area is 225 Å². The van der Waals surface area contributed by atoms with Crippen molar-refractivity contribution in [2.45, 2.75) is 66.2 Å². The molecule has 0 fully saturated rings. The van der Waals surface area contributed by atoms with Crippen molar-refractivity contribution in [3.05, 3.63) is 95.6 Å². The number of benzene rings is 2. The molecular weight excluding hydrogens is 464 g/mol. The molecule has 4 heteroatoms. The Bertz CT molecular complexity index is 1590. The zero-order valence-corrected chi connectivity index (χ0v) is 23.0. The molecule has 0 aliphatic carbocycles. The van der Waals surface area contributed by atoms with Crippen LogP contribution in [0.25, 0.3) is 43.6 Å². The van der Waals surface area contributed by atoms with Gasteiger partial charge in [0.05, 0.1) is 22.1 Å². The van der Waals surface area contributed by atoms with Crippen LogP contribution in [0.3, 0.4) is 0 Å². The maximum atomic E-state index is 4.90. The molecule has 0 unspecified atom stereocenters. The molecule has 4 aromatic heterocycles. The molecule has 0 radical (unpaired) electrons. The fraction of sp³-hybridized carbons (Fsp3) is 0.294. The quantitative estimate of drug-likeness (QED) is 0.214. The van der Waals surface area contributed by atoms with Gasteiger partial charge in [-0.25, -0.2) is 0 Å². The molecule has 0 aliphatic rings. The Morgan fingerprint density at radius 2 is 0.737 bits per heavy atom. The summed E-state index contributed by atoms with van der Waals surface area (Å²) in [5, 5.41) is 4.67. The molecule has 6 rings (SSSR count). The first-order valence-corrected chi connectivity index (χ1v) is 13.9. The van der Waals surface area contributed by atoms with Crippen LogP contribution in [-0.4, -0.2) is 19.9 Å². The Kier molecular flexibility index (Phi) is 7.88. The molecule has 0 bridgehead atoms. The monoisotopic (exact) mass is 500 g/mol. The minimum Gasteiger partial charge on any atom is -0.251 e. The maximum absolute atomic E-state index is 4.90. The SMILES string of the molecule is CCCCc1ccc2ccc3ccc(CCCC)nc3c2n1.Cc1ccc2ccc3ccc(C)nc3c2n1. The third-order valence-electron chi connectivity index (χ3n) is 7.01. The van der Waals surface area contributed by atoms with Crippen molar-refractivity contribution in [2.24, 2.45) is 0 Å². The fourth-order valence-corrected chi connectivity index (χ4v) is 4.81. The number of nitrogens with zero attached hydrogens (tertiary/aromatic N) is 4. The van der Waals surface area contributed by atoms with E-state index in [1.54, 1.807) is 0 Å². The average molecular weight is 501 g/mol. The Balaban J connectivity index is 0.000000162. The van der Waals surface area contributed by atoms with E-state index in [0.717, 1.165) is 57.1 Å². The van der Waals surface area contributed by atoms with Gasteiger partial charge in [0.2, 0.25) is 0 Å². The summed E-state index contributed by atoms with van der Waals surface area (Å²) in [6, 6.07) is 25.5. The molecule has 192 valence electrons. The number of rotatable bonds is 6. The minimum atomic E-state index is 1.00. The van der Waals surface area contributed by atoms with Crippen LogP contribution < -0.4 is 0 Å². The highest BCUT2D eigenvalue weighted by Crippen LogP contribution is 2.24. The second-order valence-corrected chi connectivity index (χ2v) is 10.1. The van der Waals surface area contributed by atoms with E-state index in [-0.39, 0.29) is 0 Å². The summed E-state index contributed by atoms with van der Waals surface area (Å²) in [7, 11) is 0. The van der Waals surface area contributed by atoms with Gasteiger partial charge in [-0.3, -0.25) is 19.9 Å². The smallest absolute Gasteiger partial charge is 0.0967 e. The molecule has 0 saturated heterocycles. The fourth-order valence-electron chi connectivity index (χ4n) is 4.81. The number of hydrogen-bond donors (Lipinski definition) is 0. The summed E-state index contributed by atoms with van der Waals surface area (Å²) in [5.74, 6) is 0. The second kappa shape index (κ2) is 11.6. The average Bonchev–Trinajstić information content (AvgIpc) is 2.95. The van der Waals surface area contributed by atoms with Crippen molar-refractivity contribution in [3.63, 3.8) is 0 Å². The number of aromatic nitrogens is 4. The van der Waals surface area contributed by atoms with Crippen LogP contribution in [0.2, 0.25) is 0 Å². The summed E-state index contributed by atoms with van der Waals surface area (Å²) in [4.78, 5) is 19.0. The number of unbranched alkanes of at least 4 members (excludes halogenated alkanes) is 2. The summed E-state index contributed by atoms with van der Waals surface area (Å²) in [6.07, 6.45) is 6.90. The molecule has 4 nitrogen and oxygen atoms in total. The predicted molar refractivity (Wildman–Crippen MR) is 161 cm³/mol. The second-order valence-electron chi connectivity index (χ2n) is 10.1. The van der Waals surface area contributed by atoms with Crippen LogP contribution in [0.5, 0.6) is 0 Å². The molecule has 0 spiro atoms. The highest BCUT2D eigenvalue weighted by Gasteiger charge is 2.07. The van der Waals surface area contributed by atoms with Gasteiger partial charge in [-0.15, -0.1) is 0 Å². The van der Waals surface area contributed by atoms with Crippen LogP contribution in [0.4, 0.5) is 0 Å². The lowest BCUT2D eigenvalue weighted by molar-refractivity contribution is 0.778. The maximum Gasteiger partial charge on any atom is 0.0967 e. The van der Waals surface area contributed by atoms with Gasteiger partial charge >= 0.3 is 0 Å². The molecule has 0 N–H and O–H groups in total. The van der Waals surface area contributed by atoms with Crippen molar-refractivity contribution in [2.75, 3.05) is 0 Å². The Morgan fingerprint density at radius 3 is 1.11 bits per heavy atom. The zero-order valence-electron chi connectivity index (χ0n) is 23.0. The highest BCUT2D eigenvalue weighted by atomic mass is 14.8. The van der Waals surface area contributed by atoms with Crippen LogP contribution in [0.1, 0.15) is 62.3 Å². The molecule has 6 aromatic rings. The lowest BCUT2D eigenvalue weighted by Gasteiger charge is -2.07. The molecule has 4 heterocycles. The van der Waals surface area contributed by atoms with Gasteiger partial charge in [-0.1, -0.05) is 75.2 Å². The van der Waals surface area contributed by atoms with Crippen molar-refractivity contribution in [1.82, 2.24) is 19.9 Å². The van der Waals surface area contributed by atoms with E-state index in [0.29, 0.717) is 0 Å². The normalized spacial score (nSPS) is 11.3. The Hall–Kier alpha value is -3.92. The molecule has 0 amide bonds. The largest absolute Gasteiger partial charge is 0.251 e. The van der Waals surface area contributed by atoms with Gasteiger partial charge in [-0.2, -0.15) is 0 Å². The first-order chi connectivity index (χ1) is 18.6. The van der Waals surface area contributed by atoms with Gasteiger partial charge in [0.1, 0.15) is 0 Å². The van der Waals surface area contributed by atoms with Crippen LogP contribution in [0, 0.1) is 13.8 Å². The summed E-state index contributed by atoms with van der Waals surface area (Å²) in [5.41, 5.74) is 8.55. The van der Waals surface area contributed by atoms with Gasteiger partial charge in [0.25, 0.3) is 0 Å². The first kappa shape index (κ1) is 25.7.